The van der Waals surface area contributed by atoms with Crippen LogP contribution in [0.1, 0.15) is 39.0 Å². The Hall–Kier alpha value is -3.22. The minimum Gasteiger partial charge on any atom is -0.507 e. The van der Waals surface area contributed by atoms with Crippen molar-refractivity contribution in [1.29, 1.82) is 0 Å². The third-order valence-electron chi connectivity index (χ3n) is 6.27. The minimum absolute atomic E-state index is 0.0768. The molecule has 4 rings (SSSR count). The quantitative estimate of drug-likeness (QED) is 0.643. The van der Waals surface area contributed by atoms with E-state index >= 15 is 0 Å². The van der Waals surface area contributed by atoms with Gasteiger partial charge in [-0.15, -0.1) is 10.2 Å². The van der Waals surface area contributed by atoms with Crippen LogP contribution in [0.5, 0.6) is 5.75 Å². The SMILES string of the molecule is C[C@@H]1CCCC[C@H](N(C)c2ccc(-c3ccc(-c4cc(=O)n(C)cn4)cc3O)nn2)C1. The fraction of sp³-hybridized carbons (Fsp3) is 0.417. The molecule has 31 heavy (non-hydrogen) atoms. The molecule has 7 nitrogen and oxygen atoms in total. The summed E-state index contributed by atoms with van der Waals surface area (Å²) in [4.78, 5) is 18.4. The summed E-state index contributed by atoms with van der Waals surface area (Å²) in [6, 6.07) is 11.0. The van der Waals surface area contributed by atoms with Gasteiger partial charge in [0.2, 0.25) is 0 Å². The first-order chi connectivity index (χ1) is 14.9. The Kier molecular flexibility index (Phi) is 6.02. The van der Waals surface area contributed by atoms with E-state index in [1.807, 2.05) is 18.2 Å². The van der Waals surface area contributed by atoms with Gasteiger partial charge in [-0.25, -0.2) is 4.98 Å². The molecule has 0 spiro atoms. The normalized spacial score (nSPS) is 19.1. The van der Waals surface area contributed by atoms with E-state index in [1.165, 1.54) is 49.1 Å². The van der Waals surface area contributed by atoms with Crippen LogP contribution < -0.4 is 10.5 Å². The number of nitrogens with zero attached hydrogens (tertiary/aromatic N) is 5. The molecule has 0 bridgehead atoms. The number of aryl methyl sites for hydroxylation is 1. The second kappa shape index (κ2) is 8.88. The first-order valence-corrected chi connectivity index (χ1v) is 10.9. The Labute approximate surface area is 182 Å². The summed E-state index contributed by atoms with van der Waals surface area (Å²) in [7, 11) is 3.74. The number of aromatic hydroxyl groups is 1. The lowest BCUT2D eigenvalue weighted by molar-refractivity contribution is 0.456. The summed E-state index contributed by atoms with van der Waals surface area (Å²) in [6.07, 6.45) is 7.70. The van der Waals surface area contributed by atoms with Crippen molar-refractivity contribution in [2.24, 2.45) is 13.0 Å². The zero-order chi connectivity index (χ0) is 22.0. The highest BCUT2D eigenvalue weighted by molar-refractivity contribution is 5.73. The molecule has 2 heterocycles. The standard InChI is InChI=1S/C24H29N5O2/c1-16-6-4-5-7-18(12-16)29(3)23-11-10-20(26-27-23)19-9-8-17(13-22(19)30)21-14-24(31)28(2)15-25-21/h8-11,13-16,18,30H,4-7,12H2,1-3H3/t16-,18+/m1/s1. The molecule has 1 aliphatic carbocycles. The molecule has 2 atom stereocenters. The number of anilines is 1. The molecule has 1 aromatic carbocycles. The third-order valence-corrected chi connectivity index (χ3v) is 6.27. The van der Waals surface area contributed by atoms with Crippen molar-refractivity contribution < 1.29 is 5.11 Å². The fourth-order valence-electron chi connectivity index (χ4n) is 4.30. The van der Waals surface area contributed by atoms with Crippen LogP contribution in [0.2, 0.25) is 0 Å². The van der Waals surface area contributed by atoms with Crippen LogP contribution in [0.25, 0.3) is 22.5 Å². The number of hydrogen-bond donors (Lipinski definition) is 1. The number of benzene rings is 1. The van der Waals surface area contributed by atoms with Gasteiger partial charge in [-0.05, 0) is 43.0 Å². The van der Waals surface area contributed by atoms with Crippen molar-refractivity contribution in [3.63, 3.8) is 0 Å². The first-order valence-electron chi connectivity index (χ1n) is 10.9. The highest BCUT2D eigenvalue weighted by atomic mass is 16.3. The molecule has 1 saturated carbocycles. The lowest BCUT2D eigenvalue weighted by atomic mass is 9.99. The van der Waals surface area contributed by atoms with Crippen molar-refractivity contribution in [1.82, 2.24) is 19.7 Å². The van der Waals surface area contributed by atoms with E-state index in [-0.39, 0.29) is 11.3 Å². The summed E-state index contributed by atoms with van der Waals surface area (Å²) >= 11 is 0. The Bertz CT molecular complexity index is 1110. The van der Waals surface area contributed by atoms with Gasteiger partial charge in [0.15, 0.2) is 5.82 Å². The van der Waals surface area contributed by atoms with Crippen molar-refractivity contribution >= 4 is 5.82 Å². The van der Waals surface area contributed by atoms with E-state index < -0.39 is 0 Å². The monoisotopic (exact) mass is 419 g/mol. The van der Waals surface area contributed by atoms with Gasteiger partial charge in [0.05, 0.1) is 17.7 Å². The van der Waals surface area contributed by atoms with Gasteiger partial charge in [0.1, 0.15) is 5.75 Å². The lowest BCUT2D eigenvalue weighted by Gasteiger charge is -2.29. The highest BCUT2D eigenvalue weighted by Crippen LogP contribution is 2.32. The van der Waals surface area contributed by atoms with Gasteiger partial charge in [-0.3, -0.25) is 4.79 Å². The van der Waals surface area contributed by atoms with Gasteiger partial charge >= 0.3 is 0 Å². The Morgan fingerprint density at radius 1 is 1.06 bits per heavy atom. The predicted octanol–water partition coefficient (Wildman–Crippen LogP) is 4.01. The van der Waals surface area contributed by atoms with Crippen LogP contribution in [-0.4, -0.2) is 37.9 Å². The number of phenolic OH excluding ortho intramolecular Hbond substituents is 1. The molecule has 3 aromatic rings. The molecule has 0 unspecified atom stereocenters. The van der Waals surface area contributed by atoms with Crippen LogP contribution in [0.4, 0.5) is 5.82 Å². The maximum Gasteiger partial charge on any atom is 0.253 e. The molecule has 0 saturated heterocycles. The second-order valence-electron chi connectivity index (χ2n) is 8.62. The van der Waals surface area contributed by atoms with E-state index in [0.717, 1.165) is 11.7 Å². The predicted molar refractivity (Wildman–Crippen MR) is 122 cm³/mol. The summed E-state index contributed by atoms with van der Waals surface area (Å²) < 4.78 is 1.40. The highest BCUT2D eigenvalue weighted by Gasteiger charge is 2.22. The molecule has 7 heteroatoms. The Balaban J connectivity index is 1.54. The molecule has 0 amide bonds. The molecule has 1 aliphatic rings. The number of rotatable bonds is 4. The van der Waals surface area contributed by atoms with Gasteiger partial charge in [-0.1, -0.05) is 32.3 Å². The van der Waals surface area contributed by atoms with Crippen LogP contribution in [0, 0.1) is 5.92 Å². The lowest BCUT2D eigenvalue weighted by Crippen LogP contribution is -2.33. The smallest absolute Gasteiger partial charge is 0.253 e. The van der Waals surface area contributed by atoms with Gasteiger partial charge in [0.25, 0.3) is 5.56 Å². The van der Waals surface area contributed by atoms with Crippen molar-refractivity contribution in [3.05, 3.63) is 53.1 Å². The van der Waals surface area contributed by atoms with Crippen molar-refractivity contribution in [2.45, 2.75) is 45.1 Å². The maximum absolute atomic E-state index is 11.9. The average Bonchev–Trinajstić information content (AvgIpc) is 2.99. The van der Waals surface area contributed by atoms with Crippen LogP contribution in [0.3, 0.4) is 0 Å². The molecular weight excluding hydrogens is 390 g/mol. The van der Waals surface area contributed by atoms with Crippen molar-refractivity contribution in [2.75, 3.05) is 11.9 Å². The van der Waals surface area contributed by atoms with E-state index in [2.05, 4.69) is 34.1 Å². The fourth-order valence-corrected chi connectivity index (χ4v) is 4.30. The van der Waals surface area contributed by atoms with Crippen LogP contribution >= 0.6 is 0 Å². The number of aromatic nitrogens is 4. The topological polar surface area (TPSA) is 84.1 Å². The second-order valence-corrected chi connectivity index (χ2v) is 8.62. The average molecular weight is 420 g/mol. The molecule has 0 aliphatic heterocycles. The first kappa shape index (κ1) is 21.0. The maximum atomic E-state index is 11.9. The van der Waals surface area contributed by atoms with Gasteiger partial charge < -0.3 is 14.6 Å². The Morgan fingerprint density at radius 2 is 1.87 bits per heavy atom. The van der Waals surface area contributed by atoms with Crippen LogP contribution in [0.15, 0.2) is 47.5 Å². The van der Waals surface area contributed by atoms with E-state index in [1.54, 1.807) is 19.2 Å². The number of phenols is 1. The molecular formula is C24H29N5O2. The van der Waals surface area contributed by atoms with Gasteiger partial charge in [-0.2, -0.15) is 0 Å². The third kappa shape index (κ3) is 4.60. The van der Waals surface area contributed by atoms with Gasteiger partial charge in [0, 0.05) is 37.3 Å². The Morgan fingerprint density at radius 3 is 2.58 bits per heavy atom. The summed E-state index contributed by atoms with van der Waals surface area (Å²) in [6.45, 7) is 2.33. The summed E-state index contributed by atoms with van der Waals surface area (Å²) in [5, 5.41) is 19.4. The minimum atomic E-state index is -0.151. The van der Waals surface area contributed by atoms with Crippen molar-refractivity contribution in [3.8, 4) is 28.3 Å². The summed E-state index contributed by atoms with van der Waals surface area (Å²) in [5.41, 5.74) is 2.24. The van der Waals surface area contributed by atoms with E-state index in [0.29, 0.717) is 28.6 Å². The zero-order valence-corrected chi connectivity index (χ0v) is 18.3. The molecule has 1 fully saturated rings. The number of hydrogen-bond acceptors (Lipinski definition) is 6. The van der Waals surface area contributed by atoms with E-state index in [4.69, 9.17) is 0 Å². The molecule has 162 valence electrons. The van der Waals surface area contributed by atoms with Crippen LogP contribution in [-0.2, 0) is 7.05 Å². The molecule has 2 aromatic heterocycles. The molecule has 1 N–H and O–H groups in total. The zero-order valence-electron chi connectivity index (χ0n) is 18.3. The van der Waals surface area contributed by atoms with E-state index in [9.17, 15) is 9.90 Å². The summed E-state index contributed by atoms with van der Waals surface area (Å²) in [5.74, 6) is 1.66. The molecule has 0 radical (unpaired) electrons. The largest absolute Gasteiger partial charge is 0.507 e.